The molecule has 0 amide bonds. The van der Waals surface area contributed by atoms with E-state index in [-0.39, 0.29) is 0 Å². The predicted molar refractivity (Wildman–Crippen MR) is 71.8 cm³/mol. The highest BCUT2D eigenvalue weighted by Crippen LogP contribution is 2.17. The molecule has 1 heterocycles. The van der Waals surface area contributed by atoms with Gasteiger partial charge >= 0.3 is 0 Å². The van der Waals surface area contributed by atoms with Crippen molar-refractivity contribution in [1.29, 1.82) is 0 Å². The number of rotatable bonds is 6. The molecule has 2 heteroatoms. The summed E-state index contributed by atoms with van der Waals surface area (Å²) in [6.45, 7) is 14.3. The lowest BCUT2D eigenvalue weighted by Gasteiger charge is -2.34. The Bertz CT molecular complexity index is 172. The molecule has 1 atom stereocenters. The summed E-state index contributed by atoms with van der Waals surface area (Å²) in [5.41, 5.74) is 0. The van der Waals surface area contributed by atoms with Gasteiger partial charge in [0.2, 0.25) is 0 Å². The van der Waals surface area contributed by atoms with Crippen LogP contribution >= 0.6 is 0 Å². The normalized spacial score (nSPS) is 21.6. The van der Waals surface area contributed by atoms with Crippen molar-refractivity contribution in [1.82, 2.24) is 10.2 Å². The van der Waals surface area contributed by atoms with E-state index in [4.69, 9.17) is 0 Å². The zero-order valence-corrected chi connectivity index (χ0v) is 11.6. The van der Waals surface area contributed by atoms with E-state index < -0.39 is 0 Å². The molecule has 96 valence electrons. The molecule has 1 saturated heterocycles. The molecule has 1 unspecified atom stereocenters. The van der Waals surface area contributed by atoms with Gasteiger partial charge in [-0.05, 0) is 50.7 Å². The summed E-state index contributed by atoms with van der Waals surface area (Å²) < 4.78 is 0. The van der Waals surface area contributed by atoms with E-state index in [1.807, 2.05) is 0 Å². The number of piperidine rings is 1. The van der Waals surface area contributed by atoms with Gasteiger partial charge in [-0.2, -0.15) is 0 Å². The highest BCUT2D eigenvalue weighted by Gasteiger charge is 2.20. The standard InChI is InChI=1S/C14H30N2/c1-5-8-15-14(12(2)3)11-16-9-6-13(4)7-10-16/h12-15H,5-11H2,1-4H3. The molecule has 16 heavy (non-hydrogen) atoms. The minimum Gasteiger partial charge on any atom is -0.312 e. The van der Waals surface area contributed by atoms with Crippen molar-refractivity contribution in [2.75, 3.05) is 26.2 Å². The van der Waals surface area contributed by atoms with Crippen molar-refractivity contribution in [2.45, 2.75) is 53.0 Å². The first-order chi connectivity index (χ1) is 7.63. The first-order valence-corrected chi connectivity index (χ1v) is 7.09. The van der Waals surface area contributed by atoms with E-state index in [0.29, 0.717) is 6.04 Å². The molecule has 1 aliphatic rings. The van der Waals surface area contributed by atoms with Crippen LogP contribution in [0.25, 0.3) is 0 Å². The Morgan fingerprint density at radius 2 is 1.88 bits per heavy atom. The van der Waals surface area contributed by atoms with Crippen LogP contribution in [0, 0.1) is 11.8 Å². The number of nitrogens with one attached hydrogen (secondary N) is 1. The van der Waals surface area contributed by atoms with Crippen molar-refractivity contribution in [3.8, 4) is 0 Å². The van der Waals surface area contributed by atoms with Crippen LogP contribution in [0.4, 0.5) is 0 Å². The molecular weight excluding hydrogens is 196 g/mol. The van der Waals surface area contributed by atoms with Gasteiger partial charge in [-0.1, -0.05) is 27.7 Å². The second-order valence-corrected chi connectivity index (χ2v) is 5.79. The van der Waals surface area contributed by atoms with E-state index in [1.54, 1.807) is 0 Å². The zero-order chi connectivity index (χ0) is 12.0. The second kappa shape index (κ2) is 7.29. The molecule has 1 fully saturated rings. The number of nitrogens with zero attached hydrogens (tertiary/aromatic N) is 1. The molecule has 1 aliphatic heterocycles. The second-order valence-electron chi connectivity index (χ2n) is 5.79. The van der Waals surface area contributed by atoms with Crippen molar-refractivity contribution in [2.24, 2.45) is 11.8 Å². The lowest BCUT2D eigenvalue weighted by Crippen LogP contribution is -2.46. The number of hydrogen-bond acceptors (Lipinski definition) is 2. The van der Waals surface area contributed by atoms with Crippen LogP contribution in [0.15, 0.2) is 0 Å². The lowest BCUT2D eigenvalue weighted by molar-refractivity contribution is 0.162. The van der Waals surface area contributed by atoms with Gasteiger partial charge in [-0.3, -0.25) is 0 Å². The van der Waals surface area contributed by atoms with Gasteiger partial charge < -0.3 is 10.2 Å². The first-order valence-electron chi connectivity index (χ1n) is 7.09. The van der Waals surface area contributed by atoms with Crippen molar-refractivity contribution in [3.05, 3.63) is 0 Å². The molecule has 0 radical (unpaired) electrons. The molecule has 1 rings (SSSR count). The highest BCUT2D eigenvalue weighted by atomic mass is 15.2. The van der Waals surface area contributed by atoms with Gasteiger partial charge in [0.25, 0.3) is 0 Å². The van der Waals surface area contributed by atoms with E-state index in [1.165, 1.54) is 38.9 Å². The molecule has 2 nitrogen and oxygen atoms in total. The van der Waals surface area contributed by atoms with Crippen LogP contribution in [-0.4, -0.2) is 37.1 Å². The third-order valence-corrected chi connectivity index (χ3v) is 3.79. The summed E-state index contributed by atoms with van der Waals surface area (Å²) in [6, 6.07) is 0.674. The van der Waals surface area contributed by atoms with Crippen molar-refractivity contribution >= 4 is 0 Å². The smallest absolute Gasteiger partial charge is 0.0217 e. The Morgan fingerprint density at radius 3 is 2.38 bits per heavy atom. The van der Waals surface area contributed by atoms with Crippen LogP contribution < -0.4 is 5.32 Å². The average Bonchev–Trinajstić information content (AvgIpc) is 2.26. The molecule has 0 spiro atoms. The summed E-state index contributed by atoms with van der Waals surface area (Å²) >= 11 is 0. The van der Waals surface area contributed by atoms with Crippen LogP contribution in [0.3, 0.4) is 0 Å². The fraction of sp³-hybridized carbons (Fsp3) is 1.00. The topological polar surface area (TPSA) is 15.3 Å². The third-order valence-electron chi connectivity index (χ3n) is 3.79. The van der Waals surface area contributed by atoms with Crippen molar-refractivity contribution in [3.63, 3.8) is 0 Å². The van der Waals surface area contributed by atoms with Gasteiger partial charge in [0.1, 0.15) is 0 Å². The van der Waals surface area contributed by atoms with E-state index in [2.05, 4.69) is 37.9 Å². The van der Waals surface area contributed by atoms with E-state index in [0.717, 1.165) is 18.4 Å². The zero-order valence-electron chi connectivity index (χ0n) is 11.6. The third kappa shape index (κ3) is 4.84. The summed E-state index contributed by atoms with van der Waals surface area (Å²) in [4.78, 5) is 2.65. The number of likely N-dealkylation sites (tertiary alicyclic amines) is 1. The Morgan fingerprint density at radius 1 is 1.25 bits per heavy atom. The maximum absolute atomic E-state index is 3.69. The van der Waals surface area contributed by atoms with E-state index in [9.17, 15) is 0 Å². The minimum atomic E-state index is 0.674. The fourth-order valence-electron chi connectivity index (χ4n) is 2.36. The Kier molecular flexibility index (Phi) is 6.37. The summed E-state index contributed by atoms with van der Waals surface area (Å²) in [5.74, 6) is 1.68. The maximum Gasteiger partial charge on any atom is 0.0217 e. The van der Waals surface area contributed by atoms with Crippen LogP contribution in [0.5, 0.6) is 0 Å². The first kappa shape index (κ1) is 14.0. The summed E-state index contributed by atoms with van der Waals surface area (Å²) in [5, 5.41) is 3.69. The molecule has 1 N–H and O–H groups in total. The van der Waals surface area contributed by atoms with Gasteiger partial charge in [0, 0.05) is 12.6 Å². The van der Waals surface area contributed by atoms with E-state index >= 15 is 0 Å². The van der Waals surface area contributed by atoms with Gasteiger partial charge in [0.05, 0.1) is 0 Å². The molecule has 0 saturated carbocycles. The fourth-order valence-corrected chi connectivity index (χ4v) is 2.36. The molecule has 0 bridgehead atoms. The largest absolute Gasteiger partial charge is 0.312 e. The Labute approximate surface area is 102 Å². The molecule has 0 aromatic carbocycles. The molecule has 0 aromatic rings. The molecule has 0 aliphatic carbocycles. The number of hydrogen-bond donors (Lipinski definition) is 1. The van der Waals surface area contributed by atoms with Crippen LogP contribution in [-0.2, 0) is 0 Å². The quantitative estimate of drug-likeness (QED) is 0.749. The van der Waals surface area contributed by atoms with Gasteiger partial charge in [-0.15, -0.1) is 0 Å². The SMILES string of the molecule is CCCNC(CN1CCC(C)CC1)C(C)C. The van der Waals surface area contributed by atoms with Gasteiger partial charge in [-0.25, -0.2) is 0 Å². The predicted octanol–water partition coefficient (Wildman–Crippen LogP) is 2.74. The average molecular weight is 226 g/mol. The maximum atomic E-state index is 3.69. The summed E-state index contributed by atoms with van der Waals surface area (Å²) in [6.07, 6.45) is 4.01. The Hall–Kier alpha value is -0.0800. The van der Waals surface area contributed by atoms with Crippen molar-refractivity contribution < 1.29 is 0 Å². The summed E-state index contributed by atoms with van der Waals surface area (Å²) in [7, 11) is 0. The monoisotopic (exact) mass is 226 g/mol. The lowest BCUT2D eigenvalue weighted by atomic mass is 9.97. The molecular formula is C14H30N2. The highest BCUT2D eigenvalue weighted by molar-refractivity contribution is 4.78. The van der Waals surface area contributed by atoms with Crippen LogP contribution in [0.1, 0.15) is 47.0 Å². The minimum absolute atomic E-state index is 0.674. The van der Waals surface area contributed by atoms with Gasteiger partial charge in [0.15, 0.2) is 0 Å². The molecule has 0 aromatic heterocycles. The Balaban J connectivity index is 2.30. The van der Waals surface area contributed by atoms with Crippen LogP contribution in [0.2, 0.25) is 0 Å².